The third kappa shape index (κ3) is 16.9. The Hall–Kier alpha value is -1.05. The lowest BCUT2D eigenvalue weighted by Gasteiger charge is -2.00. The molecule has 0 unspecified atom stereocenters. The fourth-order valence-corrected chi connectivity index (χ4v) is 2.15. The van der Waals surface area contributed by atoms with Crippen molar-refractivity contribution in [2.24, 2.45) is 0 Å². The normalized spacial score (nSPS) is 11.7. The molecule has 0 aromatic heterocycles. The van der Waals surface area contributed by atoms with Crippen LogP contribution in [0.15, 0.2) is 24.3 Å². The van der Waals surface area contributed by atoms with Crippen LogP contribution in [0.5, 0.6) is 0 Å². The fraction of sp³-hybridized carbons (Fsp3) is 0.722. The zero-order chi connectivity index (χ0) is 14.9. The van der Waals surface area contributed by atoms with E-state index in [2.05, 4.69) is 19.1 Å². The third-order valence-corrected chi connectivity index (χ3v) is 3.37. The first-order valence-electron chi connectivity index (χ1n) is 8.29. The Labute approximate surface area is 125 Å². The summed E-state index contributed by atoms with van der Waals surface area (Å²) in [4.78, 5) is 10.3. The molecule has 116 valence electrons. The molecular weight excluding hydrogens is 248 g/mol. The van der Waals surface area contributed by atoms with Crippen LogP contribution in [0.4, 0.5) is 0 Å². The lowest BCUT2D eigenvalue weighted by atomic mass is 10.1. The molecule has 0 aromatic carbocycles. The molecule has 0 bridgehead atoms. The predicted octanol–water partition coefficient (Wildman–Crippen LogP) is 5.88. The molecule has 20 heavy (non-hydrogen) atoms. The lowest BCUT2D eigenvalue weighted by molar-refractivity contribution is -0.136. The van der Waals surface area contributed by atoms with Crippen LogP contribution in [0.3, 0.4) is 0 Å². The Bertz CT molecular complexity index is 267. The molecule has 1 N–H and O–H groups in total. The van der Waals surface area contributed by atoms with Gasteiger partial charge in [0.25, 0.3) is 0 Å². The number of hydrogen-bond acceptors (Lipinski definition) is 1. The van der Waals surface area contributed by atoms with Gasteiger partial charge in [-0.15, -0.1) is 0 Å². The van der Waals surface area contributed by atoms with Gasteiger partial charge in [-0.2, -0.15) is 0 Å². The van der Waals surface area contributed by atoms with E-state index >= 15 is 0 Å². The Balaban J connectivity index is 3.15. The molecule has 0 radical (unpaired) electrons. The van der Waals surface area contributed by atoms with E-state index in [4.69, 9.17) is 5.11 Å². The van der Waals surface area contributed by atoms with Crippen LogP contribution >= 0.6 is 0 Å². The van der Waals surface area contributed by atoms with Gasteiger partial charge in [0.05, 0.1) is 6.42 Å². The third-order valence-electron chi connectivity index (χ3n) is 3.37. The molecule has 0 saturated heterocycles. The highest BCUT2D eigenvalue weighted by molar-refractivity contribution is 5.68. The van der Waals surface area contributed by atoms with Gasteiger partial charge in [-0.25, -0.2) is 0 Å². The first-order chi connectivity index (χ1) is 9.77. The molecule has 0 aliphatic heterocycles. The van der Waals surface area contributed by atoms with Crippen molar-refractivity contribution >= 4 is 5.97 Å². The van der Waals surface area contributed by atoms with Gasteiger partial charge in [-0.05, 0) is 19.3 Å². The number of carboxylic acids is 1. The molecule has 0 aliphatic rings. The summed E-state index contributed by atoms with van der Waals surface area (Å²) in [6.45, 7) is 2.26. The highest BCUT2D eigenvalue weighted by Crippen LogP contribution is 2.10. The molecule has 0 heterocycles. The van der Waals surface area contributed by atoms with Gasteiger partial charge in [0.15, 0.2) is 0 Å². The Morgan fingerprint density at radius 2 is 1.35 bits per heavy atom. The van der Waals surface area contributed by atoms with Crippen molar-refractivity contribution in [3.8, 4) is 0 Å². The monoisotopic (exact) mass is 280 g/mol. The van der Waals surface area contributed by atoms with Gasteiger partial charge < -0.3 is 5.11 Å². The number of carbonyl (C=O) groups is 1. The largest absolute Gasteiger partial charge is 0.481 e. The minimum Gasteiger partial charge on any atom is -0.481 e. The molecule has 2 nitrogen and oxygen atoms in total. The molecule has 0 aromatic rings. The van der Waals surface area contributed by atoms with Crippen molar-refractivity contribution in [3.05, 3.63) is 24.3 Å². The van der Waals surface area contributed by atoms with Crippen molar-refractivity contribution < 1.29 is 9.90 Å². The molecule has 0 fully saturated rings. The van der Waals surface area contributed by atoms with E-state index in [1.165, 1.54) is 57.8 Å². The second kappa shape index (κ2) is 16.0. The van der Waals surface area contributed by atoms with E-state index in [-0.39, 0.29) is 6.42 Å². The molecule has 0 amide bonds. The maximum atomic E-state index is 10.3. The van der Waals surface area contributed by atoms with Gasteiger partial charge >= 0.3 is 5.97 Å². The lowest BCUT2D eigenvalue weighted by Crippen LogP contribution is -1.89. The van der Waals surface area contributed by atoms with Crippen LogP contribution < -0.4 is 0 Å². The number of carboxylic acid groups (broad SMARTS) is 1. The van der Waals surface area contributed by atoms with Crippen molar-refractivity contribution in [1.29, 1.82) is 0 Å². The van der Waals surface area contributed by atoms with Gasteiger partial charge in [-0.3, -0.25) is 4.79 Å². The van der Waals surface area contributed by atoms with E-state index in [9.17, 15) is 4.79 Å². The minimum absolute atomic E-state index is 0.131. The van der Waals surface area contributed by atoms with Gasteiger partial charge in [0.1, 0.15) is 0 Å². The summed E-state index contributed by atoms with van der Waals surface area (Å²) >= 11 is 0. The average molecular weight is 280 g/mol. The summed E-state index contributed by atoms with van der Waals surface area (Å²) in [6, 6.07) is 0. The maximum absolute atomic E-state index is 10.3. The molecule has 0 aliphatic carbocycles. The van der Waals surface area contributed by atoms with Crippen LogP contribution in [-0.2, 0) is 4.79 Å². The van der Waals surface area contributed by atoms with Crippen LogP contribution in [0.2, 0.25) is 0 Å². The molecule has 0 spiro atoms. The van der Waals surface area contributed by atoms with E-state index in [1.807, 2.05) is 6.08 Å². The Morgan fingerprint density at radius 1 is 0.800 bits per heavy atom. The smallest absolute Gasteiger partial charge is 0.307 e. The van der Waals surface area contributed by atoms with Gasteiger partial charge in [-0.1, -0.05) is 82.6 Å². The van der Waals surface area contributed by atoms with Crippen molar-refractivity contribution in [2.75, 3.05) is 0 Å². The zero-order valence-corrected chi connectivity index (χ0v) is 13.2. The van der Waals surface area contributed by atoms with E-state index in [0.717, 1.165) is 12.8 Å². The van der Waals surface area contributed by atoms with Gasteiger partial charge in [0.2, 0.25) is 0 Å². The first-order valence-corrected chi connectivity index (χ1v) is 8.29. The average Bonchev–Trinajstić information content (AvgIpc) is 2.43. The number of aliphatic carboxylic acids is 1. The summed E-state index contributed by atoms with van der Waals surface area (Å²) in [5.74, 6) is -0.764. The molecule has 0 rings (SSSR count). The highest BCUT2D eigenvalue weighted by Gasteiger charge is 1.91. The number of rotatable bonds is 14. The Kier molecular flexibility index (Phi) is 15.2. The standard InChI is InChI=1S/C18H32O2/c1-2-3-4-5-6-7-8-9-10-11-12-13-14-15-16-17-18(19)20/h12-13,15-16H,2-11,14,17H2,1H3,(H,19,20)/b13-12-,16-15-. The van der Waals surface area contributed by atoms with Crippen LogP contribution in [0, 0.1) is 0 Å². The number of unbranched alkanes of at least 4 members (excludes halogenated alkanes) is 9. The number of allylic oxidation sites excluding steroid dienone is 3. The topological polar surface area (TPSA) is 37.3 Å². The van der Waals surface area contributed by atoms with Crippen molar-refractivity contribution in [2.45, 2.75) is 84.0 Å². The SMILES string of the molecule is CCCCCCCCCCC/C=C\C/C=C\CC(=O)O. The first kappa shape index (κ1) is 18.9. The number of hydrogen-bond donors (Lipinski definition) is 1. The van der Waals surface area contributed by atoms with E-state index in [1.54, 1.807) is 6.08 Å². The molecule has 0 atom stereocenters. The predicted molar refractivity (Wildman–Crippen MR) is 87.0 cm³/mol. The zero-order valence-electron chi connectivity index (χ0n) is 13.2. The fourth-order valence-electron chi connectivity index (χ4n) is 2.15. The molecule has 0 saturated carbocycles. The minimum atomic E-state index is -0.764. The summed E-state index contributed by atoms with van der Waals surface area (Å²) in [5.41, 5.74) is 0. The van der Waals surface area contributed by atoms with Crippen LogP contribution in [0.1, 0.15) is 84.0 Å². The van der Waals surface area contributed by atoms with Gasteiger partial charge in [0, 0.05) is 0 Å². The quantitative estimate of drug-likeness (QED) is 0.318. The molecule has 2 heteroatoms. The summed E-state index contributed by atoms with van der Waals surface area (Å²) in [6.07, 6.45) is 22.5. The summed E-state index contributed by atoms with van der Waals surface area (Å²) in [5, 5.41) is 8.45. The van der Waals surface area contributed by atoms with Crippen LogP contribution in [-0.4, -0.2) is 11.1 Å². The summed E-state index contributed by atoms with van der Waals surface area (Å²) < 4.78 is 0. The summed E-state index contributed by atoms with van der Waals surface area (Å²) in [7, 11) is 0. The Morgan fingerprint density at radius 3 is 1.95 bits per heavy atom. The second-order valence-electron chi connectivity index (χ2n) is 5.39. The highest BCUT2D eigenvalue weighted by atomic mass is 16.4. The van der Waals surface area contributed by atoms with Crippen molar-refractivity contribution in [1.82, 2.24) is 0 Å². The van der Waals surface area contributed by atoms with Crippen molar-refractivity contribution in [3.63, 3.8) is 0 Å². The van der Waals surface area contributed by atoms with Crippen LogP contribution in [0.25, 0.3) is 0 Å². The van der Waals surface area contributed by atoms with E-state index in [0.29, 0.717) is 0 Å². The second-order valence-corrected chi connectivity index (χ2v) is 5.39. The molecular formula is C18H32O2. The maximum Gasteiger partial charge on any atom is 0.307 e. The van der Waals surface area contributed by atoms with E-state index < -0.39 is 5.97 Å².